The van der Waals surface area contributed by atoms with Crippen LogP contribution in [-0.4, -0.2) is 17.0 Å². The molecule has 0 aromatic heterocycles. The summed E-state index contributed by atoms with van der Waals surface area (Å²) >= 11 is 0. The standard InChI is InChI=1S/C4H6O2.CH5N3.ClH/c1-3(2)4(5)6;2-1(3)4;/h1H2,2H3,(H,5,6);(H5,2,3,4);1H. The van der Waals surface area contributed by atoms with Crippen LogP contribution in [0.3, 0.4) is 0 Å². The number of hydrogen-bond donors (Lipinski definition) is 4. The maximum absolute atomic E-state index is 9.60. The molecule has 0 amide bonds. The predicted molar refractivity (Wildman–Crippen MR) is 45.8 cm³/mol. The molecule has 5 nitrogen and oxygen atoms in total. The van der Waals surface area contributed by atoms with Crippen LogP contribution >= 0.6 is 12.4 Å². The molecule has 0 spiro atoms. The highest BCUT2D eigenvalue weighted by molar-refractivity contribution is 5.85. The molecule has 0 aromatic rings. The van der Waals surface area contributed by atoms with E-state index in [-0.39, 0.29) is 23.9 Å². The zero-order valence-corrected chi connectivity index (χ0v) is 6.94. The van der Waals surface area contributed by atoms with Crippen molar-refractivity contribution < 1.29 is 9.90 Å². The summed E-state index contributed by atoms with van der Waals surface area (Å²) in [6, 6.07) is 0. The van der Waals surface area contributed by atoms with Gasteiger partial charge < -0.3 is 16.6 Å². The first kappa shape index (κ1) is 16.4. The van der Waals surface area contributed by atoms with Crippen molar-refractivity contribution in [2.45, 2.75) is 6.92 Å². The Balaban J connectivity index is -0.000000114. The van der Waals surface area contributed by atoms with Crippen molar-refractivity contribution in [3.05, 3.63) is 12.2 Å². The molecular weight excluding hydrogens is 170 g/mol. The van der Waals surface area contributed by atoms with Gasteiger partial charge in [-0.1, -0.05) is 6.58 Å². The van der Waals surface area contributed by atoms with Gasteiger partial charge in [0.2, 0.25) is 0 Å². The number of carboxylic acids is 1. The number of nitrogens with two attached hydrogens (primary N) is 2. The first-order chi connectivity index (χ1) is 4.37. The molecule has 0 aliphatic carbocycles. The molecule has 6 N–H and O–H groups in total. The lowest BCUT2D eigenvalue weighted by atomic mass is 10.4. The molecule has 0 atom stereocenters. The summed E-state index contributed by atoms with van der Waals surface area (Å²) < 4.78 is 0. The smallest absolute Gasteiger partial charge is 0.330 e. The maximum atomic E-state index is 9.60. The monoisotopic (exact) mass is 181 g/mol. The highest BCUT2D eigenvalue weighted by Crippen LogP contribution is 1.81. The number of rotatable bonds is 1. The average molecular weight is 182 g/mol. The van der Waals surface area contributed by atoms with Gasteiger partial charge in [-0.25, -0.2) is 4.79 Å². The van der Waals surface area contributed by atoms with E-state index < -0.39 is 5.97 Å². The molecule has 0 saturated heterocycles. The number of carbonyl (C=O) groups is 1. The SMILES string of the molecule is C=C(C)C(=O)O.Cl.N=C(N)N. The number of halogens is 1. The molecule has 0 unspecified atom stereocenters. The van der Waals surface area contributed by atoms with Crippen LogP contribution in [0.1, 0.15) is 6.92 Å². The summed E-state index contributed by atoms with van der Waals surface area (Å²) in [5.74, 6) is -1.27. The third-order valence-corrected chi connectivity index (χ3v) is 0.365. The van der Waals surface area contributed by atoms with E-state index in [1.807, 2.05) is 0 Å². The van der Waals surface area contributed by atoms with Crippen LogP contribution < -0.4 is 11.5 Å². The zero-order valence-electron chi connectivity index (χ0n) is 6.13. The fourth-order valence-corrected chi connectivity index (χ4v) is 0. The average Bonchev–Trinajstić information content (AvgIpc) is 1.63. The number of hydrogen-bond acceptors (Lipinski definition) is 2. The van der Waals surface area contributed by atoms with Gasteiger partial charge in [0, 0.05) is 5.57 Å². The Bertz CT molecular complexity index is 142. The second-order valence-corrected chi connectivity index (χ2v) is 1.54. The van der Waals surface area contributed by atoms with Crippen LogP contribution in [0.4, 0.5) is 0 Å². The van der Waals surface area contributed by atoms with E-state index >= 15 is 0 Å². The summed E-state index contributed by atoms with van der Waals surface area (Å²) in [6.45, 7) is 4.60. The topological polar surface area (TPSA) is 113 Å². The lowest BCUT2D eigenvalue weighted by Crippen LogP contribution is -2.20. The van der Waals surface area contributed by atoms with E-state index in [1.54, 1.807) is 0 Å². The van der Waals surface area contributed by atoms with Crippen molar-refractivity contribution >= 4 is 24.3 Å². The first-order valence-corrected chi connectivity index (χ1v) is 2.36. The van der Waals surface area contributed by atoms with Crippen molar-refractivity contribution in [2.75, 3.05) is 0 Å². The van der Waals surface area contributed by atoms with E-state index in [0.717, 1.165) is 0 Å². The van der Waals surface area contributed by atoms with E-state index in [1.165, 1.54) is 6.92 Å². The third kappa shape index (κ3) is 52.4. The molecule has 0 radical (unpaired) electrons. The summed E-state index contributed by atoms with van der Waals surface area (Å²) in [5, 5.41) is 13.9. The summed E-state index contributed by atoms with van der Waals surface area (Å²) in [4.78, 5) is 9.60. The third-order valence-electron chi connectivity index (χ3n) is 0.365. The Morgan fingerprint density at radius 2 is 1.64 bits per heavy atom. The fourth-order valence-electron chi connectivity index (χ4n) is 0. The van der Waals surface area contributed by atoms with Crippen molar-refractivity contribution in [2.24, 2.45) is 11.5 Å². The van der Waals surface area contributed by atoms with Crippen LogP contribution in [0, 0.1) is 5.41 Å². The highest BCUT2D eigenvalue weighted by atomic mass is 35.5. The lowest BCUT2D eigenvalue weighted by molar-refractivity contribution is -0.132. The molecule has 11 heavy (non-hydrogen) atoms. The quantitative estimate of drug-likeness (QED) is 0.257. The van der Waals surface area contributed by atoms with Gasteiger partial charge in [0.05, 0.1) is 0 Å². The number of carboxylic acid groups (broad SMARTS) is 1. The van der Waals surface area contributed by atoms with Crippen LogP contribution in [0.15, 0.2) is 12.2 Å². The molecule has 66 valence electrons. The van der Waals surface area contributed by atoms with Gasteiger partial charge in [-0.15, -0.1) is 12.4 Å². The van der Waals surface area contributed by atoms with Crippen molar-refractivity contribution in [1.82, 2.24) is 0 Å². The summed E-state index contributed by atoms with van der Waals surface area (Å²) in [6.07, 6.45) is 0. The molecular formula is C5H12ClN3O2. The molecule has 0 heterocycles. The van der Waals surface area contributed by atoms with Crippen molar-refractivity contribution in [3.8, 4) is 0 Å². The minimum Gasteiger partial charge on any atom is -0.478 e. The largest absolute Gasteiger partial charge is 0.478 e. The van der Waals surface area contributed by atoms with Crippen molar-refractivity contribution in [3.63, 3.8) is 0 Å². The van der Waals surface area contributed by atoms with Gasteiger partial charge in [0.15, 0.2) is 5.96 Å². The first-order valence-electron chi connectivity index (χ1n) is 2.36. The highest BCUT2D eigenvalue weighted by Gasteiger charge is 1.90. The Kier molecular flexibility index (Phi) is 13.1. The molecule has 0 aliphatic rings. The maximum Gasteiger partial charge on any atom is 0.330 e. The molecule has 0 rings (SSSR count). The molecule has 0 fully saturated rings. The van der Waals surface area contributed by atoms with E-state index in [2.05, 4.69) is 18.0 Å². The van der Waals surface area contributed by atoms with Crippen LogP contribution in [0.5, 0.6) is 0 Å². The lowest BCUT2D eigenvalue weighted by Gasteiger charge is -1.79. The second-order valence-electron chi connectivity index (χ2n) is 1.54. The number of guanidine groups is 1. The minimum absolute atomic E-state index is 0. The molecule has 0 aliphatic heterocycles. The summed E-state index contributed by atoms with van der Waals surface area (Å²) in [5.41, 5.74) is 9.12. The van der Waals surface area contributed by atoms with E-state index in [0.29, 0.717) is 0 Å². The Hall–Kier alpha value is -1.23. The van der Waals surface area contributed by atoms with Crippen LogP contribution in [0.2, 0.25) is 0 Å². The van der Waals surface area contributed by atoms with Gasteiger partial charge in [-0.05, 0) is 6.92 Å². The van der Waals surface area contributed by atoms with Gasteiger partial charge in [0.1, 0.15) is 0 Å². The van der Waals surface area contributed by atoms with E-state index in [9.17, 15) is 4.79 Å². The molecule has 0 bridgehead atoms. The number of aliphatic carboxylic acids is 1. The van der Waals surface area contributed by atoms with Gasteiger partial charge in [-0.3, -0.25) is 5.41 Å². The van der Waals surface area contributed by atoms with E-state index in [4.69, 9.17) is 10.5 Å². The molecule has 0 saturated carbocycles. The Morgan fingerprint density at radius 1 is 1.55 bits per heavy atom. The van der Waals surface area contributed by atoms with Gasteiger partial charge >= 0.3 is 5.97 Å². The van der Waals surface area contributed by atoms with Gasteiger partial charge in [0.25, 0.3) is 0 Å². The minimum atomic E-state index is -0.935. The second kappa shape index (κ2) is 8.77. The predicted octanol–water partition coefficient (Wildman–Crippen LogP) is -0.0925. The van der Waals surface area contributed by atoms with Crippen LogP contribution in [0.25, 0.3) is 0 Å². The fraction of sp³-hybridized carbons (Fsp3) is 0.200. The normalized spacial score (nSPS) is 6.27. The number of nitrogens with one attached hydrogen (secondary N) is 1. The van der Waals surface area contributed by atoms with Gasteiger partial charge in [-0.2, -0.15) is 0 Å². The van der Waals surface area contributed by atoms with Crippen molar-refractivity contribution in [1.29, 1.82) is 5.41 Å². The summed E-state index contributed by atoms with van der Waals surface area (Å²) in [7, 11) is 0. The molecule has 0 aromatic carbocycles. The Morgan fingerprint density at radius 3 is 1.64 bits per heavy atom. The molecule has 6 heteroatoms. The zero-order chi connectivity index (χ0) is 8.73. The Labute approximate surface area is 71.0 Å². The van der Waals surface area contributed by atoms with Crippen LogP contribution in [-0.2, 0) is 4.79 Å².